The minimum atomic E-state index is -0.557. The van der Waals surface area contributed by atoms with Crippen LogP contribution in [0.5, 0.6) is 0 Å². The van der Waals surface area contributed by atoms with Crippen LogP contribution in [0.25, 0.3) is 0 Å². The zero-order valence-electron chi connectivity index (χ0n) is 16.7. The van der Waals surface area contributed by atoms with Crippen molar-refractivity contribution in [2.24, 2.45) is 5.16 Å². The standard InChI is InChI=1S/C22H24FNO4S/c1-14(24-26)20-5-4-18(13-21(20)15(2)25)29-19-11-16(10-17(23)12-19)22(27-3)6-8-28-9-7-22/h4-5,10-13,26H,6-9H2,1-3H3/b24-14+. The average molecular weight is 418 g/mol. The molecule has 0 atom stereocenters. The van der Waals surface area contributed by atoms with Crippen LogP contribution in [0.4, 0.5) is 4.39 Å². The van der Waals surface area contributed by atoms with Gasteiger partial charge in [-0.3, -0.25) is 4.79 Å². The van der Waals surface area contributed by atoms with Crippen molar-refractivity contribution in [2.75, 3.05) is 20.3 Å². The van der Waals surface area contributed by atoms with Gasteiger partial charge >= 0.3 is 0 Å². The van der Waals surface area contributed by atoms with Gasteiger partial charge in [-0.2, -0.15) is 0 Å². The number of Topliss-reactive ketones (excluding diaryl/α,β-unsaturated/α-hetero) is 1. The molecule has 1 aliphatic heterocycles. The van der Waals surface area contributed by atoms with Crippen LogP contribution in [0.15, 0.2) is 51.3 Å². The highest BCUT2D eigenvalue weighted by Crippen LogP contribution is 2.39. The fourth-order valence-corrected chi connectivity index (χ4v) is 4.52. The molecule has 0 radical (unpaired) electrons. The lowest BCUT2D eigenvalue weighted by Crippen LogP contribution is -2.35. The number of methoxy groups -OCH3 is 1. The highest BCUT2D eigenvalue weighted by molar-refractivity contribution is 7.99. The van der Waals surface area contributed by atoms with Crippen LogP contribution in [0.3, 0.4) is 0 Å². The second-order valence-electron chi connectivity index (χ2n) is 7.04. The Hall–Kier alpha value is -2.22. The van der Waals surface area contributed by atoms with Crippen molar-refractivity contribution in [3.8, 4) is 0 Å². The molecule has 3 rings (SSSR count). The number of nitrogens with zero attached hydrogens (tertiary/aromatic N) is 1. The molecule has 0 saturated carbocycles. The van der Waals surface area contributed by atoms with Crippen molar-refractivity contribution in [3.63, 3.8) is 0 Å². The van der Waals surface area contributed by atoms with E-state index < -0.39 is 5.60 Å². The summed E-state index contributed by atoms with van der Waals surface area (Å²) in [5, 5.41) is 12.2. The van der Waals surface area contributed by atoms with Crippen molar-refractivity contribution >= 4 is 23.3 Å². The molecule has 5 nitrogen and oxygen atoms in total. The maximum Gasteiger partial charge on any atom is 0.160 e. The van der Waals surface area contributed by atoms with Crippen LogP contribution >= 0.6 is 11.8 Å². The number of carbonyl (C=O) groups is 1. The van der Waals surface area contributed by atoms with Crippen LogP contribution in [0.2, 0.25) is 0 Å². The average Bonchev–Trinajstić information content (AvgIpc) is 2.73. The molecule has 2 aromatic rings. The van der Waals surface area contributed by atoms with E-state index in [1.807, 2.05) is 12.1 Å². The molecule has 1 aliphatic rings. The van der Waals surface area contributed by atoms with Gasteiger partial charge in [0.1, 0.15) is 5.82 Å². The Labute approximate surface area is 173 Å². The van der Waals surface area contributed by atoms with E-state index in [0.29, 0.717) is 42.9 Å². The van der Waals surface area contributed by atoms with E-state index in [1.165, 1.54) is 30.8 Å². The lowest BCUT2D eigenvalue weighted by Gasteiger charge is -2.36. The van der Waals surface area contributed by atoms with Crippen LogP contribution in [0.1, 0.15) is 48.2 Å². The zero-order valence-corrected chi connectivity index (χ0v) is 17.5. The van der Waals surface area contributed by atoms with Gasteiger partial charge in [-0.1, -0.05) is 23.0 Å². The summed E-state index contributed by atoms with van der Waals surface area (Å²) in [6, 6.07) is 10.2. The van der Waals surface area contributed by atoms with Gasteiger partial charge in [0.25, 0.3) is 0 Å². The van der Waals surface area contributed by atoms with Gasteiger partial charge in [-0.05, 0) is 49.7 Å². The van der Waals surface area contributed by atoms with E-state index in [0.717, 1.165) is 15.4 Å². The topological polar surface area (TPSA) is 68.1 Å². The third-order valence-electron chi connectivity index (χ3n) is 5.23. The van der Waals surface area contributed by atoms with Gasteiger partial charge in [0.15, 0.2) is 5.78 Å². The number of ketones is 1. The molecule has 29 heavy (non-hydrogen) atoms. The van der Waals surface area contributed by atoms with Gasteiger partial charge in [0, 0.05) is 54.1 Å². The van der Waals surface area contributed by atoms with E-state index >= 15 is 0 Å². The number of ether oxygens (including phenoxy) is 2. The molecular formula is C22H24FNO4S. The first-order chi connectivity index (χ1) is 13.9. The number of hydrogen-bond donors (Lipinski definition) is 1. The maximum absolute atomic E-state index is 14.4. The number of hydrogen-bond acceptors (Lipinski definition) is 6. The normalized spacial score (nSPS) is 16.6. The quantitative estimate of drug-likeness (QED) is 0.309. The first-order valence-electron chi connectivity index (χ1n) is 9.34. The Balaban J connectivity index is 1.96. The number of oxime groups is 1. The third kappa shape index (κ3) is 4.69. The van der Waals surface area contributed by atoms with E-state index in [1.54, 1.807) is 26.2 Å². The van der Waals surface area contributed by atoms with Crippen LogP contribution in [0, 0.1) is 5.82 Å². The second kappa shape index (κ2) is 9.07. The predicted molar refractivity (Wildman–Crippen MR) is 110 cm³/mol. The first-order valence-corrected chi connectivity index (χ1v) is 10.2. The van der Waals surface area contributed by atoms with Crippen molar-refractivity contribution in [1.82, 2.24) is 0 Å². The fourth-order valence-electron chi connectivity index (χ4n) is 3.58. The molecular weight excluding hydrogens is 393 g/mol. The lowest BCUT2D eigenvalue weighted by atomic mass is 9.86. The Morgan fingerprint density at radius 2 is 1.86 bits per heavy atom. The zero-order chi connectivity index (χ0) is 21.0. The number of rotatable bonds is 6. The number of benzene rings is 2. The molecule has 1 fully saturated rings. The summed E-state index contributed by atoms with van der Waals surface area (Å²) in [5.74, 6) is -0.467. The Morgan fingerprint density at radius 3 is 2.48 bits per heavy atom. The maximum atomic E-state index is 14.4. The molecule has 1 N–H and O–H groups in total. The van der Waals surface area contributed by atoms with Gasteiger partial charge in [0.2, 0.25) is 0 Å². The van der Waals surface area contributed by atoms with Crippen molar-refractivity contribution < 1.29 is 23.9 Å². The first kappa shape index (κ1) is 21.5. The van der Waals surface area contributed by atoms with Crippen LogP contribution < -0.4 is 0 Å². The molecule has 1 heterocycles. The molecule has 2 aromatic carbocycles. The number of carbonyl (C=O) groups excluding carboxylic acids is 1. The Bertz CT molecular complexity index is 938. The minimum absolute atomic E-state index is 0.133. The smallest absolute Gasteiger partial charge is 0.160 e. The largest absolute Gasteiger partial charge is 0.411 e. The van der Waals surface area contributed by atoms with Crippen LogP contribution in [-0.2, 0) is 15.1 Å². The van der Waals surface area contributed by atoms with E-state index in [2.05, 4.69) is 5.16 Å². The molecule has 1 saturated heterocycles. The van der Waals surface area contributed by atoms with Gasteiger partial charge in [-0.15, -0.1) is 0 Å². The molecule has 7 heteroatoms. The van der Waals surface area contributed by atoms with Crippen molar-refractivity contribution in [3.05, 3.63) is 58.9 Å². The summed E-state index contributed by atoms with van der Waals surface area (Å²) < 4.78 is 25.7. The Morgan fingerprint density at radius 1 is 1.14 bits per heavy atom. The number of halogens is 1. The second-order valence-corrected chi connectivity index (χ2v) is 8.18. The van der Waals surface area contributed by atoms with Gasteiger partial charge in [0.05, 0.1) is 11.3 Å². The summed E-state index contributed by atoms with van der Waals surface area (Å²) in [5.41, 5.74) is 1.63. The fraction of sp³-hybridized carbons (Fsp3) is 0.364. The van der Waals surface area contributed by atoms with E-state index in [4.69, 9.17) is 14.7 Å². The molecule has 0 aliphatic carbocycles. The molecule has 0 aromatic heterocycles. The molecule has 0 bridgehead atoms. The summed E-state index contributed by atoms with van der Waals surface area (Å²) in [4.78, 5) is 13.6. The third-order valence-corrected chi connectivity index (χ3v) is 6.20. The van der Waals surface area contributed by atoms with Gasteiger partial charge < -0.3 is 14.7 Å². The predicted octanol–water partition coefficient (Wildman–Crippen LogP) is 5.03. The summed E-state index contributed by atoms with van der Waals surface area (Å²) >= 11 is 1.37. The highest BCUT2D eigenvalue weighted by Gasteiger charge is 2.35. The van der Waals surface area contributed by atoms with E-state index in [9.17, 15) is 9.18 Å². The molecule has 0 spiro atoms. The summed E-state index contributed by atoms with van der Waals surface area (Å²) in [7, 11) is 1.64. The molecule has 0 amide bonds. The summed E-state index contributed by atoms with van der Waals surface area (Å²) in [6.07, 6.45) is 1.33. The van der Waals surface area contributed by atoms with Crippen molar-refractivity contribution in [2.45, 2.75) is 42.1 Å². The molecule has 0 unspecified atom stereocenters. The van der Waals surface area contributed by atoms with Crippen LogP contribution in [-0.4, -0.2) is 37.0 Å². The Kier molecular flexibility index (Phi) is 6.72. The van der Waals surface area contributed by atoms with E-state index in [-0.39, 0.29) is 11.6 Å². The minimum Gasteiger partial charge on any atom is -0.411 e. The summed E-state index contributed by atoms with van der Waals surface area (Å²) in [6.45, 7) is 4.24. The molecule has 154 valence electrons. The SMILES string of the molecule is COC1(c2cc(F)cc(Sc3ccc(/C(C)=N/O)c(C(C)=O)c3)c2)CCOCC1. The lowest BCUT2D eigenvalue weighted by molar-refractivity contribution is -0.0950. The monoisotopic (exact) mass is 417 g/mol. The van der Waals surface area contributed by atoms with Crippen molar-refractivity contribution in [1.29, 1.82) is 0 Å². The van der Waals surface area contributed by atoms with Gasteiger partial charge in [-0.25, -0.2) is 4.39 Å². The highest BCUT2D eigenvalue weighted by atomic mass is 32.2.